The molecular formula is C8H10N4O3S. The summed E-state index contributed by atoms with van der Waals surface area (Å²) in [5.74, 6) is 0.401. The summed E-state index contributed by atoms with van der Waals surface area (Å²) in [6.45, 7) is 0. The largest absolute Gasteiger partial charge is 0.609 e. The minimum Gasteiger partial charge on any atom is -0.609 e. The Balaban J connectivity index is 3.07. The van der Waals surface area contributed by atoms with E-state index in [1.165, 1.54) is 18.5 Å². The second-order valence-corrected chi connectivity index (χ2v) is 4.04. The van der Waals surface area contributed by atoms with Gasteiger partial charge in [0.15, 0.2) is 0 Å². The van der Waals surface area contributed by atoms with Crippen molar-refractivity contribution in [2.75, 3.05) is 18.6 Å². The zero-order chi connectivity index (χ0) is 12.1. The molecule has 0 saturated heterocycles. The van der Waals surface area contributed by atoms with Crippen LogP contribution in [0, 0.1) is 10.1 Å². The van der Waals surface area contributed by atoms with Crippen LogP contribution in [0.5, 0.6) is 0 Å². The standard InChI is InChI=1S/C8H10N4O3S/c1-9-7-6(3-4-12(13)14)5-10-8(11-7)16(2)15/h3-5H,1-2H3,(H,9,10,11)/b4-3+. The fourth-order valence-electron chi connectivity index (χ4n) is 0.977. The Hall–Kier alpha value is -1.67. The molecule has 16 heavy (non-hydrogen) atoms. The summed E-state index contributed by atoms with van der Waals surface area (Å²) >= 11 is -1.28. The van der Waals surface area contributed by atoms with Gasteiger partial charge in [-0.05, 0) is 0 Å². The molecule has 0 amide bonds. The van der Waals surface area contributed by atoms with E-state index >= 15 is 0 Å². The molecule has 0 spiro atoms. The van der Waals surface area contributed by atoms with E-state index in [1.807, 2.05) is 0 Å². The van der Waals surface area contributed by atoms with Crippen molar-refractivity contribution in [2.24, 2.45) is 0 Å². The molecule has 0 fully saturated rings. The lowest BCUT2D eigenvalue weighted by atomic mass is 10.3. The van der Waals surface area contributed by atoms with Gasteiger partial charge in [0, 0.05) is 36.1 Å². The Morgan fingerprint density at radius 2 is 2.31 bits per heavy atom. The van der Waals surface area contributed by atoms with E-state index < -0.39 is 16.1 Å². The topological polar surface area (TPSA) is 104 Å². The van der Waals surface area contributed by atoms with Gasteiger partial charge in [-0.2, -0.15) is 9.97 Å². The lowest BCUT2D eigenvalue weighted by molar-refractivity contribution is -0.400. The summed E-state index contributed by atoms with van der Waals surface area (Å²) in [4.78, 5) is 17.4. The van der Waals surface area contributed by atoms with Crippen LogP contribution >= 0.6 is 0 Å². The van der Waals surface area contributed by atoms with Gasteiger partial charge in [0.1, 0.15) is 12.1 Å². The fourth-order valence-corrected chi connectivity index (χ4v) is 1.40. The predicted octanol–water partition coefficient (Wildman–Crippen LogP) is 0.503. The van der Waals surface area contributed by atoms with Crippen LogP contribution in [0.15, 0.2) is 17.6 Å². The number of hydrogen-bond acceptors (Lipinski definition) is 6. The van der Waals surface area contributed by atoms with E-state index in [0.717, 1.165) is 6.20 Å². The van der Waals surface area contributed by atoms with Crippen LogP contribution in [0.25, 0.3) is 6.08 Å². The second-order valence-electron chi connectivity index (χ2n) is 2.76. The van der Waals surface area contributed by atoms with Gasteiger partial charge in [0.2, 0.25) is 6.20 Å². The molecule has 8 heteroatoms. The molecule has 0 aliphatic carbocycles. The lowest BCUT2D eigenvalue weighted by Gasteiger charge is -2.06. The maximum Gasteiger partial charge on any atom is 0.344 e. The molecule has 1 unspecified atom stereocenters. The van der Waals surface area contributed by atoms with Crippen LogP contribution in [0.1, 0.15) is 5.56 Å². The maximum atomic E-state index is 11.1. The molecule has 0 aliphatic rings. The highest BCUT2D eigenvalue weighted by Crippen LogP contribution is 2.14. The molecule has 1 heterocycles. The van der Waals surface area contributed by atoms with E-state index in [-0.39, 0.29) is 5.16 Å². The summed E-state index contributed by atoms with van der Waals surface area (Å²) in [6.07, 6.45) is 4.91. The first-order valence-electron chi connectivity index (χ1n) is 4.24. The van der Waals surface area contributed by atoms with Crippen molar-refractivity contribution in [3.63, 3.8) is 0 Å². The SMILES string of the molecule is CNc1nc([S+](C)[O-])ncc1/C=C/[N+](=O)[O-]. The molecule has 1 rings (SSSR count). The molecular weight excluding hydrogens is 232 g/mol. The molecule has 0 bridgehead atoms. The van der Waals surface area contributed by atoms with Crippen molar-refractivity contribution in [1.82, 2.24) is 9.97 Å². The highest BCUT2D eigenvalue weighted by molar-refractivity contribution is 7.90. The quantitative estimate of drug-likeness (QED) is 0.357. The smallest absolute Gasteiger partial charge is 0.344 e. The number of anilines is 1. The normalized spacial score (nSPS) is 12.7. The van der Waals surface area contributed by atoms with Crippen LogP contribution in [0.4, 0.5) is 5.82 Å². The first-order valence-corrected chi connectivity index (χ1v) is 5.80. The highest BCUT2D eigenvalue weighted by Gasteiger charge is 2.11. The lowest BCUT2D eigenvalue weighted by Crippen LogP contribution is -2.07. The Kier molecular flexibility index (Phi) is 4.20. The third kappa shape index (κ3) is 3.17. The summed E-state index contributed by atoms with van der Waals surface area (Å²) < 4.78 is 11.1. The summed E-state index contributed by atoms with van der Waals surface area (Å²) in [6, 6.07) is 0. The van der Waals surface area contributed by atoms with Gasteiger partial charge in [0.25, 0.3) is 0 Å². The zero-order valence-corrected chi connectivity index (χ0v) is 9.52. The van der Waals surface area contributed by atoms with Crippen LogP contribution in [0.2, 0.25) is 0 Å². The molecule has 1 aromatic heterocycles. The van der Waals surface area contributed by atoms with Crippen molar-refractivity contribution in [1.29, 1.82) is 0 Å². The van der Waals surface area contributed by atoms with Gasteiger partial charge >= 0.3 is 5.16 Å². The molecule has 0 aliphatic heterocycles. The highest BCUT2D eigenvalue weighted by atomic mass is 32.2. The maximum absolute atomic E-state index is 11.1. The molecule has 0 radical (unpaired) electrons. The van der Waals surface area contributed by atoms with Crippen molar-refractivity contribution < 1.29 is 9.48 Å². The van der Waals surface area contributed by atoms with E-state index in [4.69, 9.17) is 0 Å². The first kappa shape index (κ1) is 12.4. The fraction of sp³-hybridized carbons (Fsp3) is 0.250. The molecule has 86 valence electrons. The van der Waals surface area contributed by atoms with Gasteiger partial charge in [0.05, 0.1) is 4.92 Å². The molecule has 7 nitrogen and oxygen atoms in total. The third-order valence-corrected chi connectivity index (χ3v) is 2.38. The van der Waals surface area contributed by atoms with E-state index in [0.29, 0.717) is 11.4 Å². The Morgan fingerprint density at radius 3 is 2.81 bits per heavy atom. The van der Waals surface area contributed by atoms with E-state index in [2.05, 4.69) is 15.3 Å². The van der Waals surface area contributed by atoms with Crippen LogP contribution in [-0.2, 0) is 11.2 Å². The minimum absolute atomic E-state index is 0.183. The molecule has 0 saturated carbocycles. The number of nitrogens with zero attached hydrogens (tertiary/aromatic N) is 3. The van der Waals surface area contributed by atoms with E-state index in [9.17, 15) is 14.7 Å². The average molecular weight is 242 g/mol. The second kappa shape index (κ2) is 5.42. The first-order chi connectivity index (χ1) is 7.54. The average Bonchev–Trinajstić information content (AvgIpc) is 2.25. The number of rotatable bonds is 4. The molecule has 1 N–H and O–H groups in total. The summed E-state index contributed by atoms with van der Waals surface area (Å²) in [7, 11) is 1.62. The minimum atomic E-state index is -1.28. The predicted molar refractivity (Wildman–Crippen MR) is 59.9 cm³/mol. The van der Waals surface area contributed by atoms with Gasteiger partial charge in [-0.1, -0.05) is 0 Å². The van der Waals surface area contributed by atoms with Gasteiger partial charge in [-0.3, -0.25) is 10.1 Å². The number of hydrogen-bond donors (Lipinski definition) is 1. The summed E-state index contributed by atoms with van der Waals surface area (Å²) in [5.41, 5.74) is 0.466. The van der Waals surface area contributed by atoms with Crippen molar-refractivity contribution in [3.05, 3.63) is 28.1 Å². The monoisotopic (exact) mass is 242 g/mol. The number of aromatic nitrogens is 2. The Labute approximate surface area is 94.9 Å². The van der Waals surface area contributed by atoms with Gasteiger partial charge < -0.3 is 9.87 Å². The molecule has 0 aromatic carbocycles. The molecule has 1 aromatic rings. The molecule has 1 atom stereocenters. The van der Waals surface area contributed by atoms with Crippen LogP contribution in [0.3, 0.4) is 0 Å². The summed E-state index contributed by atoms with van der Waals surface area (Å²) in [5, 5.41) is 13.1. The van der Waals surface area contributed by atoms with Gasteiger partial charge in [-0.15, -0.1) is 0 Å². The van der Waals surface area contributed by atoms with Crippen molar-refractivity contribution in [2.45, 2.75) is 5.16 Å². The third-order valence-electron chi connectivity index (χ3n) is 1.66. The number of nitro groups is 1. The van der Waals surface area contributed by atoms with Crippen molar-refractivity contribution >= 4 is 23.1 Å². The van der Waals surface area contributed by atoms with E-state index in [1.54, 1.807) is 7.05 Å². The Bertz CT molecular complexity index is 422. The van der Waals surface area contributed by atoms with Crippen LogP contribution in [-0.4, -0.2) is 32.7 Å². The van der Waals surface area contributed by atoms with Gasteiger partial charge in [-0.25, -0.2) is 0 Å². The van der Waals surface area contributed by atoms with Crippen molar-refractivity contribution in [3.8, 4) is 0 Å². The van der Waals surface area contributed by atoms with Crippen LogP contribution < -0.4 is 5.32 Å². The zero-order valence-electron chi connectivity index (χ0n) is 8.71. The number of nitrogens with one attached hydrogen (secondary N) is 1. The Morgan fingerprint density at radius 1 is 1.62 bits per heavy atom.